The molecule has 0 aromatic heterocycles. The molecule has 19 unspecified atom stereocenters. The quantitative estimate of drug-likeness (QED) is 0.104. The highest BCUT2D eigenvalue weighted by Crippen LogP contribution is 2.89. The van der Waals surface area contributed by atoms with E-state index in [1.807, 2.05) is 0 Å². The Morgan fingerprint density at radius 2 is 0.637 bits per heavy atom. The summed E-state index contributed by atoms with van der Waals surface area (Å²) in [6.07, 6.45) is 10.8. The average Bonchev–Trinajstić information content (AvgIpc) is 0.667. The Hall–Kier alpha value is 0.840. The fraction of sp³-hybridized carbons (Fsp3) is 0.968. The van der Waals surface area contributed by atoms with E-state index >= 15 is 0 Å². The Kier molecular flexibility index (Phi) is 26.5. The molecule has 21 saturated heterocycles. The number of ketones is 1. The van der Waals surface area contributed by atoms with Gasteiger partial charge in [0.15, 0.2) is 40.1 Å². The zero-order valence-electron chi connectivity index (χ0n) is 82.5. The van der Waals surface area contributed by atoms with E-state index in [9.17, 15) is 44.3 Å². The summed E-state index contributed by atoms with van der Waals surface area (Å²) in [5.74, 6) is -10.3. The monoisotopic (exact) mass is 1880 g/mol. The molecule has 0 amide bonds. The number of hydrogen-bond acceptors (Lipinski definition) is 14. The Morgan fingerprint density at radius 3 is 0.960 bits per heavy atom. The van der Waals surface area contributed by atoms with Crippen molar-refractivity contribution in [3.8, 4) is 0 Å². The van der Waals surface area contributed by atoms with Crippen LogP contribution in [0.2, 0.25) is 0 Å². The topological polar surface area (TPSA) is 137 Å². The molecule has 0 spiro atoms. The van der Waals surface area contributed by atoms with Gasteiger partial charge >= 0.3 is 18.5 Å². The highest BCUT2D eigenvalue weighted by atomic mass is 31.1. The summed E-state index contributed by atoms with van der Waals surface area (Å²) in [7, 11) is -4.00. The van der Waals surface area contributed by atoms with Crippen LogP contribution in [-0.2, 0) is 66.4 Å². The minimum atomic E-state index is -5.63. The first-order valence-corrected chi connectivity index (χ1v) is 55.1. The van der Waals surface area contributed by atoms with Gasteiger partial charge in [-0.2, -0.15) is 39.5 Å². The first kappa shape index (κ1) is 104. The van der Waals surface area contributed by atoms with Crippen molar-refractivity contribution in [2.24, 2.45) is 0 Å². The molecule has 22 heterocycles. The van der Waals surface area contributed by atoms with Gasteiger partial charge in [0.25, 0.3) is 11.6 Å². The summed E-state index contributed by atoms with van der Waals surface area (Å²) in [6, 6.07) is 0. The van der Waals surface area contributed by atoms with E-state index in [0.717, 1.165) is 122 Å². The van der Waals surface area contributed by atoms with Gasteiger partial charge in [0.05, 0.1) is 56.0 Å². The second-order valence-electron chi connectivity index (χ2n) is 48.2. The van der Waals surface area contributed by atoms with E-state index in [1.54, 1.807) is 0 Å². The zero-order valence-corrected chi connectivity index (χ0v) is 87.9. The number of fused-ring (bicyclic) bond motifs is 2. The third-order valence-electron chi connectivity index (χ3n) is 29.6. The van der Waals surface area contributed by atoms with Crippen LogP contribution in [0, 0.1) is 0 Å². The average molecular weight is 1880 g/mol. The van der Waals surface area contributed by atoms with Crippen molar-refractivity contribution in [2.45, 2.75) is 581 Å². The molecular weight excluding hydrogens is 1720 g/mol. The minimum Gasteiger partial charge on any atom is -0.375 e. The lowest BCUT2D eigenvalue weighted by Crippen LogP contribution is -2.83. The second-order valence-corrected chi connectivity index (χ2v) is 71.3. The van der Waals surface area contributed by atoms with Crippen LogP contribution in [0.1, 0.15) is 409 Å². The molecule has 718 valence electrons. The van der Waals surface area contributed by atoms with E-state index in [-0.39, 0.29) is 73.7 Å². The number of halogens is 9. The Bertz CT molecular complexity index is 3730. The minimum absolute atomic E-state index is 0.0450. The maximum absolute atomic E-state index is 14.1. The molecule has 0 aromatic carbocycles. The SMILES string of the molecule is CC(C)(C)P1C2(C)C=CC1(C)CC(=O)C2.CC(C)(C)P1C2(C)CC3(C(F)(F)F)OC(C(F)(F)F)(CC1(C(F)(F)F)O3)O2.CC(C)(C)P1C2(C)CC3CC1(C)CC(C2)O3.CC12CC3(C)OC(C)(CC(C)(O1)P3C(C)(C)C)O2.CCC12CC3(CC)OC(CC)(CC(CC)(O1)P3C(C)(C)C)O2.CCCC12CC3(CCC)OC(CCC)(CC(CCC)(O1)P3C(C)(C)C)O2. The van der Waals surface area contributed by atoms with Gasteiger partial charge in [-0.05, 0) is 172 Å². The van der Waals surface area contributed by atoms with Crippen LogP contribution >= 0.6 is 47.5 Å². The number of allylic oxidation sites excluding steroid dienone is 2. The molecular formula is C95H161F9O14P6. The van der Waals surface area contributed by atoms with Crippen LogP contribution in [0.3, 0.4) is 0 Å². The number of carbonyl (C=O) groups is 1. The fourth-order valence-electron chi connectivity index (χ4n) is 30.3. The molecule has 0 N–H and O–H groups in total. The van der Waals surface area contributed by atoms with Crippen molar-refractivity contribution in [1.82, 2.24) is 0 Å². The van der Waals surface area contributed by atoms with Gasteiger partial charge in [0.2, 0.25) is 0 Å². The third kappa shape index (κ3) is 17.3. The predicted molar refractivity (Wildman–Crippen MR) is 485 cm³/mol. The largest absolute Gasteiger partial charge is 0.443 e. The normalized spacial score (nSPS) is 49.4. The maximum atomic E-state index is 14.1. The van der Waals surface area contributed by atoms with E-state index < -0.39 is 125 Å². The van der Waals surface area contributed by atoms with Gasteiger partial charge in [-0.25, -0.2) is 0 Å². The standard InChI is InChI=1S/C22H41O3P.C18H33O3P.C14H16F9O3P.C14H25O3P.C14H25OP.C13H21OP/c1-8-12-19-16-21(14-10-3)25-20(23-19,13-9-2)17-22(24-19,15-11-4)26(21)18(5,6)7;1-8-15-12-17(10-3)21-16(9-2,19-15)13-18(11-4,20-15)22(17)14(5,6)7;1-7(2,3)27-8(4)5-9(12(15,16)17)25-10(24-8,13(18,19)20)6-11(27,26-9)14(21,22)23;1-10(2,3)18-13(6)8-11(4)15-12(5,17-13)9-14(18,7)16-11;1-12(2,3)16-13(4)6-10-8-14(16,5)9-11(7-13)15-10;1-11(2,3)15-12(4)6-7-13(15,5)9-10(14)8-12/h8-17H2,1-7H3;8-13H2,1-7H3;5-6H2,1-4H3;8-9H2,1-7H3;10-11H,6-9H2,1-5H3;6-7H,8-9H2,1-5H3. The number of rotatable bonds is 12. The molecule has 19 atom stereocenters. The van der Waals surface area contributed by atoms with E-state index in [1.165, 1.54) is 59.3 Å². The van der Waals surface area contributed by atoms with E-state index in [4.69, 9.17) is 52.1 Å². The van der Waals surface area contributed by atoms with Gasteiger partial charge < -0.3 is 61.6 Å². The zero-order chi connectivity index (χ0) is 93.7. The molecule has 22 rings (SSSR count). The molecule has 14 nitrogen and oxygen atoms in total. The Labute approximate surface area is 747 Å². The highest BCUT2D eigenvalue weighted by Gasteiger charge is 2.91. The van der Waals surface area contributed by atoms with Crippen LogP contribution in [0.4, 0.5) is 39.5 Å². The van der Waals surface area contributed by atoms with Gasteiger partial charge in [0.1, 0.15) is 5.78 Å². The molecule has 0 aromatic rings. The molecule has 21 fully saturated rings. The lowest BCUT2D eigenvalue weighted by molar-refractivity contribution is -0.579. The van der Waals surface area contributed by atoms with Gasteiger partial charge in [-0.1, -0.05) is 261 Å². The summed E-state index contributed by atoms with van der Waals surface area (Å²) < 4.78 is 204. The van der Waals surface area contributed by atoms with Crippen molar-refractivity contribution >= 4 is 53.3 Å². The van der Waals surface area contributed by atoms with Crippen molar-refractivity contribution in [3.63, 3.8) is 0 Å². The molecule has 0 saturated carbocycles. The molecule has 124 heavy (non-hydrogen) atoms. The van der Waals surface area contributed by atoms with E-state index in [2.05, 4.69) is 236 Å². The summed E-state index contributed by atoms with van der Waals surface area (Å²) in [5, 5.41) is -4.75. The van der Waals surface area contributed by atoms with Crippen molar-refractivity contribution < 1.29 is 106 Å². The number of Topliss-reactive ketones (excluding diaryl/α,β-unsaturated/α-hetero) is 1. The first-order chi connectivity index (χ1) is 55.7. The molecule has 0 aliphatic carbocycles. The Balaban J connectivity index is 0.000000137. The van der Waals surface area contributed by atoms with Crippen LogP contribution in [0.25, 0.3) is 0 Å². The van der Waals surface area contributed by atoms with Gasteiger partial charge in [-0.3, -0.25) is 4.79 Å². The van der Waals surface area contributed by atoms with E-state index in [0.29, 0.717) is 38.6 Å². The van der Waals surface area contributed by atoms with Gasteiger partial charge in [-0.15, -0.1) is 0 Å². The Morgan fingerprint density at radius 1 is 0.315 bits per heavy atom. The lowest BCUT2D eigenvalue weighted by atomic mass is 9.78. The summed E-state index contributed by atoms with van der Waals surface area (Å²) in [6.45, 7) is 77.0. The predicted octanol–water partition coefficient (Wildman–Crippen LogP) is 30.2. The smallest absolute Gasteiger partial charge is 0.375 e. The summed E-state index contributed by atoms with van der Waals surface area (Å²) in [4.78, 5) is 11.8. The summed E-state index contributed by atoms with van der Waals surface area (Å²) in [5.41, 5.74) is 0. The van der Waals surface area contributed by atoms with Crippen molar-refractivity contribution in [2.75, 3.05) is 0 Å². The third-order valence-corrected chi connectivity index (χ3v) is 53.4. The highest BCUT2D eigenvalue weighted by molar-refractivity contribution is 7.64. The number of alkyl halides is 9. The van der Waals surface area contributed by atoms with Crippen LogP contribution in [0.15, 0.2) is 12.2 Å². The van der Waals surface area contributed by atoms with Crippen molar-refractivity contribution in [3.05, 3.63) is 12.2 Å². The fourth-order valence-corrected chi connectivity index (χ4v) is 62.3. The summed E-state index contributed by atoms with van der Waals surface area (Å²) >= 11 is 0. The first-order valence-electron chi connectivity index (χ1n) is 47.1. The lowest BCUT2D eigenvalue weighted by Gasteiger charge is -2.74. The molecule has 29 heteroatoms. The number of hydrogen-bond donors (Lipinski definition) is 0. The molecule has 0 radical (unpaired) electrons. The molecule has 22 bridgehead atoms. The van der Waals surface area contributed by atoms with Gasteiger partial charge in [0, 0.05) is 80.9 Å². The number of carbonyl (C=O) groups excluding carboxylic acids is 1. The van der Waals surface area contributed by atoms with Crippen molar-refractivity contribution in [1.29, 1.82) is 0 Å². The van der Waals surface area contributed by atoms with Crippen LogP contribution in [-0.4, -0.2) is 177 Å². The molecule has 22 aliphatic rings. The number of ether oxygens (including phenoxy) is 13. The maximum Gasteiger partial charge on any atom is 0.443 e. The van der Waals surface area contributed by atoms with Crippen LogP contribution in [0.5, 0.6) is 0 Å². The van der Waals surface area contributed by atoms with Crippen LogP contribution < -0.4 is 0 Å². The second kappa shape index (κ2) is 31.7. The molecule has 22 aliphatic heterocycles.